The molecule has 0 spiro atoms. The minimum absolute atomic E-state index is 0.0188. The highest BCUT2D eigenvalue weighted by molar-refractivity contribution is 4.72. The van der Waals surface area contributed by atoms with E-state index in [0.717, 1.165) is 6.42 Å². The summed E-state index contributed by atoms with van der Waals surface area (Å²) in [6.45, 7) is 0.987. The molecule has 0 amide bonds. The minimum Gasteiger partial charge on any atom is -0.306 e. The lowest BCUT2D eigenvalue weighted by molar-refractivity contribution is -0.126. The Morgan fingerprint density at radius 3 is 2.33 bits per heavy atom. The lowest BCUT2D eigenvalue weighted by Gasteiger charge is -2.25. The Hall–Kier alpha value is -0.250. The van der Waals surface area contributed by atoms with Crippen LogP contribution in [-0.4, -0.2) is 18.8 Å². The fraction of sp³-hybridized carbons (Fsp3) is 1.00. The van der Waals surface area contributed by atoms with Gasteiger partial charge in [0.15, 0.2) is 0 Å². The Morgan fingerprint density at radius 2 is 1.80 bits per heavy atom. The molecular weight excluding hydrogens is 203 g/mol. The zero-order chi connectivity index (χ0) is 11.3. The topological polar surface area (TPSA) is 12.0 Å². The van der Waals surface area contributed by atoms with Crippen LogP contribution in [0.1, 0.15) is 45.4 Å². The fourth-order valence-electron chi connectivity index (χ4n) is 2.30. The van der Waals surface area contributed by atoms with Crippen molar-refractivity contribution in [1.82, 2.24) is 5.32 Å². The van der Waals surface area contributed by atoms with Crippen LogP contribution in [0, 0.1) is 5.92 Å². The van der Waals surface area contributed by atoms with Gasteiger partial charge in [-0.15, -0.1) is 0 Å². The molecule has 15 heavy (non-hydrogen) atoms. The molecule has 0 bridgehead atoms. The van der Waals surface area contributed by atoms with Crippen LogP contribution in [-0.2, 0) is 0 Å². The van der Waals surface area contributed by atoms with Crippen LogP contribution in [0.2, 0.25) is 0 Å². The Labute approximate surface area is 89.4 Å². The van der Waals surface area contributed by atoms with E-state index in [1.807, 2.05) is 6.92 Å². The number of rotatable bonds is 4. The van der Waals surface area contributed by atoms with E-state index in [1.54, 1.807) is 0 Å². The molecule has 1 atom stereocenters. The molecule has 1 saturated carbocycles. The van der Waals surface area contributed by atoms with E-state index in [9.17, 15) is 13.2 Å². The van der Waals surface area contributed by atoms with Gasteiger partial charge in [0.2, 0.25) is 0 Å². The molecule has 0 radical (unpaired) electrons. The third-order valence-corrected chi connectivity index (χ3v) is 3.06. The third kappa shape index (κ3) is 6.03. The van der Waals surface area contributed by atoms with Gasteiger partial charge in [0.1, 0.15) is 0 Å². The SMILES string of the molecule is CC(CC1CCCCC1)NCC(F)(F)F. The molecule has 0 saturated heterocycles. The van der Waals surface area contributed by atoms with Crippen LogP contribution in [0.15, 0.2) is 0 Å². The van der Waals surface area contributed by atoms with Crippen LogP contribution >= 0.6 is 0 Å². The van der Waals surface area contributed by atoms with Crippen molar-refractivity contribution in [2.45, 2.75) is 57.7 Å². The van der Waals surface area contributed by atoms with E-state index in [-0.39, 0.29) is 6.04 Å². The highest BCUT2D eigenvalue weighted by Gasteiger charge is 2.27. The molecule has 0 aromatic heterocycles. The highest BCUT2D eigenvalue weighted by atomic mass is 19.4. The van der Waals surface area contributed by atoms with Gasteiger partial charge >= 0.3 is 6.18 Å². The van der Waals surface area contributed by atoms with Crippen molar-refractivity contribution in [3.63, 3.8) is 0 Å². The lowest BCUT2D eigenvalue weighted by Crippen LogP contribution is -2.36. The first-order chi connectivity index (χ1) is 6.97. The Kier molecular flexibility index (Phi) is 4.90. The van der Waals surface area contributed by atoms with Gasteiger partial charge in [-0.3, -0.25) is 0 Å². The van der Waals surface area contributed by atoms with Crippen molar-refractivity contribution in [3.8, 4) is 0 Å². The van der Waals surface area contributed by atoms with Gasteiger partial charge in [-0.1, -0.05) is 32.1 Å². The van der Waals surface area contributed by atoms with Gasteiger partial charge in [-0.2, -0.15) is 13.2 Å². The maximum atomic E-state index is 11.9. The molecule has 1 fully saturated rings. The van der Waals surface area contributed by atoms with Crippen LogP contribution in [0.5, 0.6) is 0 Å². The van der Waals surface area contributed by atoms with Gasteiger partial charge in [0.05, 0.1) is 6.54 Å². The molecule has 1 nitrogen and oxygen atoms in total. The monoisotopic (exact) mass is 223 g/mol. The second-order valence-electron chi connectivity index (χ2n) is 4.64. The minimum atomic E-state index is -4.08. The first-order valence-corrected chi connectivity index (χ1v) is 5.77. The summed E-state index contributed by atoms with van der Waals surface area (Å²) in [6, 6.07) is -0.0188. The first-order valence-electron chi connectivity index (χ1n) is 5.77. The van der Waals surface area contributed by atoms with Crippen LogP contribution in [0.4, 0.5) is 13.2 Å². The van der Waals surface area contributed by atoms with Crippen molar-refractivity contribution in [3.05, 3.63) is 0 Å². The van der Waals surface area contributed by atoms with Crippen molar-refractivity contribution >= 4 is 0 Å². The van der Waals surface area contributed by atoms with E-state index >= 15 is 0 Å². The van der Waals surface area contributed by atoms with Crippen molar-refractivity contribution in [2.24, 2.45) is 5.92 Å². The molecule has 0 heterocycles. The normalized spacial score (nSPS) is 21.6. The van der Waals surface area contributed by atoms with Crippen LogP contribution < -0.4 is 5.32 Å². The molecular formula is C11H20F3N. The lowest BCUT2D eigenvalue weighted by atomic mass is 9.85. The number of alkyl halides is 3. The van der Waals surface area contributed by atoms with E-state index in [2.05, 4.69) is 5.32 Å². The number of nitrogens with one attached hydrogen (secondary N) is 1. The average Bonchev–Trinajstić information content (AvgIpc) is 2.15. The second kappa shape index (κ2) is 5.73. The Morgan fingerprint density at radius 1 is 1.20 bits per heavy atom. The van der Waals surface area contributed by atoms with Gasteiger partial charge in [-0.25, -0.2) is 0 Å². The standard InChI is InChI=1S/C11H20F3N/c1-9(15-8-11(12,13)14)7-10-5-3-2-4-6-10/h9-10,15H,2-8H2,1H3. The highest BCUT2D eigenvalue weighted by Crippen LogP contribution is 2.27. The molecule has 0 aromatic rings. The first kappa shape index (κ1) is 12.8. The molecule has 0 aliphatic heterocycles. The van der Waals surface area contributed by atoms with Crippen molar-refractivity contribution in [1.29, 1.82) is 0 Å². The predicted molar refractivity (Wildman–Crippen MR) is 54.7 cm³/mol. The summed E-state index contributed by atoms with van der Waals surface area (Å²) >= 11 is 0. The summed E-state index contributed by atoms with van der Waals surface area (Å²) < 4.78 is 35.8. The Bertz CT molecular complexity index is 173. The Balaban J connectivity index is 2.14. The molecule has 4 heteroatoms. The predicted octanol–water partition coefficient (Wildman–Crippen LogP) is 3.50. The molecule has 0 aromatic carbocycles. The van der Waals surface area contributed by atoms with Crippen LogP contribution in [0.3, 0.4) is 0 Å². The van der Waals surface area contributed by atoms with E-state index in [4.69, 9.17) is 0 Å². The number of hydrogen-bond donors (Lipinski definition) is 1. The summed E-state index contributed by atoms with van der Waals surface area (Å²) in [4.78, 5) is 0. The molecule has 1 rings (SSSR count). The summed E-state index contributed by atoms with van der Waals surface area (Å²) in [6.07, 6.45) is 2.97. The molecule has 1 unspecified atom stereocenters. The van der Waals surface area contributed by atoms with Gasteiger partial charge in [0, 0.05) is 6.04 Å². The average molecular weight is 223 g/mol. The van der Waals surface area contributed by atoms with E-state index in [0.29, 0.717) is 5.92 Å². The zero-order valence-corrected chi connectivity index (χ0v) is 9.24. The number of hydrogen-bond acceptors (Lipinski definition) is 1. The maximum absolute atomic E-state index is 11.9. The van der Waals surface area contributed by atoms with Gasteiger partial charge in [0.25, 0.3) is 0 Å². The van der Waals surface area contributed by atoms with Crippen molar-refractivity contribution in [2.75, 3.05) is 6.54 Å². The third-order valence-electron chi connectivity index (χ3n) is 3.06. The summed E-state index contributed by atoms with van der Waals surface area (Å²) in [7, 11) is 0. The largest absolute Gasteiger partial charge is 0.401 e. The smallest absolute Gasteiger partial charge is 0.306 e. The maximum Gasteiger partial charge on any atom is 0.401 e. The quantitative estimate of drug-likeness (QED) is 0.769. The zero-order valence-electron chi connectivity index (χ0n) is 9.24. The van der Waals surface area contributed by atoms with Crippen LogP contribution in [0.25, 0.3) is 0 Å². The molecule has 1 N–H and O–H groups in total. The second-order valence-corrected chi connectivity index (χ2v) is 4.64. The van der Waals surface area contributed by atoms with Gasteiger partial charge in [-0.05, 0) is 19.3 Å². The molecule has 1 aliphatic carbocycles. The summed E-state index contributed by atoms with van der Waals surface area (Å²) in [5, 5.41) is 2.54. The van der Waals surface area contributed by atoms with Crippen molar-refractivity contribution < 1.29 is 13.2 Å². The number of halogens is 3. The van der Waals surface area contributed by atoms with Gasteiger partial charge < -0.3 is 5.32 Å². The summed E-state index contributed by atoms with van der Waals surface area (Å²) in [5.74, 6) is 0.634. The molecule has 90 valence electrons. The fourth-order valence-corrected chi connectivity index (χ4v) is 2.30. The molecule has 1 aliphatic rings. The van der Waals surface area contributed by atoms with E-state index < -0.39 is 12.7 Å². The summed E-state index contributed by atoms with van der Waals surface area (Å²) in [5.41, 5.74) is 0. The van der Waals surface area contributed by atoms with E-state index in [1.165, 1.54) is 32.1 Å².